The molecule has 226 valence electrons. The lowest BCUT2D eigenvalue weighted by Gasteiger charge is -2.40. The van der Waals surface area contributed by atoms with Crippen LogP contribution in [0.25, 0.3) is 11.3 Å². The third-order valence-corrected chi connectivity index (χ3v) is 8.19. The summed E-state index contributed by atoms with van der Waals surface area (Å²) in [6, 6.07) is 11.7. The molecule has 0 bridgehead atoms. The Morgan fingerprint density at radius 2 is 1.95 bits per heavy atom. The Kier molecular flexibility index (Phi) is 9.81. The van der Waals surface area contributed by atoms with Gasteiger partial charge in [0.15, 0.2) is 0 Å². The number of rotatable bonds is 10. The summed E-state index contributed by atoms with van der Waals surface area (Å²) in [6.45, 7) is 4.30. The van der Waals surface area contributed by atoms with E-state index >= 15 is 0 Å². The first-order valence-electron chi connectivity index (χ1n) is 14.6. The minimum absolute atomic E-state index is 0.0327. The number of carbonyl (C=O) groups excluding carboxylic acids is 1. The summed E-state index contributed by atoms with van der Waals surface area (Å²) in [5.41, 5.74) is 7.11. The molecule has 1 unspecified atom stereocenters. The van der Waals surface area contributed by atoms with Crippen LogP contribution in [-0.4, -0.2) is 72.1 Å². The molecule has 1 aromatic heterocycles. The van der Waals surface area contributed by atoms with Crippen LogP contribution >= 0.6 is 0 Å². The number of hydrogen-bond acceptors (Lipinski definition) is 5. The van der Waals surface area contributed by atoms with E-state index in [1.165, 1.54) is 0 Å². The van der Waals surface area contributed by atoms with Crippen LogP contribution in [0.5, 0.6) is 0 Å². The van der Waals surface area contributed by atoms with Crippen molar-refractivity contribution < 1.29 is 22.7 Å². The van der Waals surface area contributed by atoms with Gasteiger partial charge >= 0.3 is 6.03 Å². The predicted octanol–water partition coefficient (Wildman–Crippen LogP) is 4.26. The summed E-state index contributed by atoms with van der Waals surface area (Å²) in [5, 5.41) is 6.06. The van der Waals surface area contributed by atoms with Gasteiger partial charge in [0.2, 0.25) is 0 Å². The quantitative estimate of drug-likeness (QED) is 0.331. The van der Waals surface area contributed by atoms with Gasteiger partial charge in [-0.2, -0.15) is 0 Å². The molecular weight excluding hydrogens is 545 g/mol. The molecule has 42 heavy (non-hydrogen) atoms. The normalized spacial score (nSPS) is 20.8. The molecule has 8 nitrogen and oxygen atoms in total. The maximum Gasteiger partial charge on any atom is 0.318 e. The SMILES string of the molecule is C[C@@H](CN)NC(=O)N(C[C@@H]1CNC[C@@H]1F)C(c1nc(-c2cc(F)ccc2F)cn1Cc1ccccc1)C1CCOCC1. The molecule has 5 rings (SSSR count). The van der Waals surface area contributed by atoms with Gasteiger partial charge in [0.05, 0.1) is 11.7 Å². The third kappa shape index (κ3) is 6.96. The highest BCUT2D eigenvalue weighted by Crippen LogP contribution is 2.38. The van der Waals surface area contributed by atoms with Crippen LogP contribution in [0.15, 0.2) is 54.7 Å². The van der Waals surface area contributed by atoms with Crippen molar-refractivity contribution in [3.05, 3.63) is 77.8 Å². The van der Waals surface area contributed by atoms with E-state index in [9.17, 15) is 18.0 Å². The summed E-state index contributed by atoms with van der Waals surface area (Å²) < 4.78 is 51.8. The van der Waals surface area contributed by atoms with E-state index in [0.717, 1.165) is 23.8 Å². The zero-order valence-corrected chi connectivity index (χ0v) is 23.8. The number of urea groups is 1. The smallest absolute Gasteiger partial charge is 0.318 e. The number of nitrogens with zero attached hydrogens (tertiary/aromatic N) is 3. The average Bonchev–Trinajstić information content (AvgIpc) is 3.60. The third-order valence-electron chi connectivity index (χ3n) is 8.19. The number of aromatic nitrogens is 2. The largest absolute Gasteiger partial charge is 0.381 e. The van der Waals surface area contributed by atoms with Crippen LogP contribution in [0.3, 0.4) is 0 Å². The summed E-state index contributed by atoms with van der Waals surface area (Å²) in [5.74, 6) is -1.12. The standard InChI is InChI=1S/C31H39F3N6O2/c1-20(14-35)37-31(41)40(18-23-15-36-16-27(23)34)29(22-9-11-42-12-10-22)30-38-28(25-13-24(32)7-8-26(25)33)19-39(30)17-21-5-3-2-4-6-21/h2-8,13,19-20,22-23,27,29,36H,9-12,14-18,35H2,1H3,(H,37,41)/t20-,23-,27-,29?/m0/s1. The van der Waals surface area contributed by atoms with Crippen molar-refractivity contribution >= 4 is 6.03 Å². The molecule has 11 heteroatoms. The molecule has 0 radical (unpaired) electrons. The second kappa shape index (κ2) is 13.7. The van der Waals surface area contributed by atoms with Crippen molar-refractivity contribution in [3.8, 4) is 11.3 Å². The number of halogens is 3. The Morgan fingerprint density at radius 3 is 2.64 bits per heavy atom. The van der Waals surface area contributed by atoms with Gasteiger partial charge in [-0.3, -0.25) is 0 Å². The first kappa shape index (κ1) is 30.1. The molecule has 0 spiro atoms. The minimum atomic E-state index is -1.11. The van der Waals surface area contributed by atoms with Crippen molar-refractivity contribution in [2.45, 2.75) is 44.6 Å². The fourth-order valence-corrected chi connectivity index (χ4v) is 5.84. The fourth-order valence-electron chi connectivity index (χ4n) is 5.84. The van der Waals surface area contributed by atoms with Gasteiger partial charge in [-0.1, -0.05) is 30.3 Å². The highest BCUT2D eigenvalue weighted by Gasteiger charge is 2.40. The summed E-state index contributed by atoms with van der Waals surface area (Å²) in [4.78, 5) is 20.5. The van der Waals surface area contributed by atoms with Crippen molar-refractivity contribution in [2.75, 3.05) is 39.4 Å². The molecule has 2 aliphatic rings. The predicted molar refractivity (Wildman–Crippen MR) is 154 cm³/mol. The van der Waals surface area contributed by atoms with Crippen LogP contribution in [-0.2, 0) is 11.3 Å². The lowest BCUT2D eigenvalue weighted by Crippen LogP contribution is -2.52. The van der Waals surface area contributed by atoms with Crippen LogP contribution in [0.1, 0.15) is 37.2 Å². The molecule has 0 saturated carbocycles. The molecule has 2 aliphatic heterocycles. The number of carbonyl (C=O) groups is 1. The van der Waals surface area contributed by atoms with Gasteiger partial charge in [0.1, 0.15) is 23.6 Å². The van der Waals surface area contributed by atoms with Crippen molar-refractivity contribution in [1.29, 1.82) is 0 Å². The molecule has 0 aliphatic carbocycles. The Morgan fingerprint density at radius 1 is 1.19 bits per heavy atom. The Hall–Kier alpha value is -3.41. The van der Waals surface area contributed by atoms with E-state index in [-0.39, 0.29) is 48.9 Å². The van der Waals surface area contributed by atoms with Crippen LogP contribution in [0, 0.1) is 23.5 Å². The Labute approximate surface area is 244 Å². The van der Waals surface area contributed by atoms with E-state index in [2.05, 4.69) is 10.6 Å². The van der Waals surface area contributed by atoms with Crippen molar-refractivity contribution in [2.24, 2.45) is 17.6 Å². The highest BCUT2D eigenvalue weighted by molar-refractivity contribution is 5.75. The van der Waals surface area contributed by atoms with Crippen molar-refractivity contribution in [3.63, 3.8) is 0 Å². The maximum absolute atomic E-state index is 15.0. The lowest BCUT2D eigenvalue weighted by atomic mass is 9.89. The first-order valence-corrected chi connectivity index (χ1v) is 14.6. The zero-order valence-electron chi connectivity index (χ0n) is 23.8. The highest BCUT2D eigenvalue weighted by atomic mass is 19.1. The number of nitrogens with one attached hydrogen (secondary N) is 2. The van der Waals surface area contributed by atoms with E-state index in [1.54, 1.807) is 11.1 Å². The number of hydrogen-bond donors (Lipinski definition) is 3. The molecule has 2 amide bonds. The number of ether oxygens (including phenoxy) is 1. The number of amides is 2. The molecule has 4 N–H and O–H groups in total. The van der Waals surface area contributed by atoms with Crippen molar-refractivity contribution in [1.82, 2.24) is 25.1 Å². The number of alkyl halides is 1. The zero-order chi connectivity index (χ0) is 29.6. The number of imidazole rings is 1. The molecule has 3 heterocycles. The molecule has 3 aromatic rings. The van der Waals surface area contributed by atoms with Crippen LogP contribution < -0.4 is 16.4 Å². The van der Waals surface area contributed by atoms with E-state index in [1.807, 2.05) is 41.8 Å². The summed E-state index contributed by atoms with van der Waals surface area (Å²) >= 11 is 0. The minimum Gasteiger partial charge on any atom is -0.381 e. The topological polar surface area (TPSA) is 97.4 Å². The Bertz CT molecular complexity index is 1330. The van der Waals surface area contributed by atoms with Crippen LogP contribution in [0.2, 0.25) is 0 Å². The fraction of sp³-hybridized carbons (Fsp3) is 0.484. The van der Waals surface area contributed by atoms with Gasteiger partial charge < -0.3 is 30.6 Å². The second-order valence-corrected chi connectivity index (χ2v) is 11.3. The van der Waals surface area contributed by atoms with Gasteiger partial charge in [0.25, 0.3) is 0 Å². The van der Waals surface area contributed by atoms with Gasteiger partial charge in [-0.25, -0.2) is 22.9 Å². The van der Waals surface area contributed by atoms with E-state index in [0.29, 0.717) is 45.0 Å². The van der Waals surface area contributed by atoms with Gasteiger partial charge in [-0.15, -0.1) is 0 Å². The maximum atomic E-state index is 15.0. The van der Waals surface area contributed by atoms with Gasteiger partial charge in [-0.05, 0) is 49.4 Å². The Balaban J connectivity index is 1.64. The summed E-state index contributed by atoms with van der Waals surface area (Å²) in [6.07, 6.45) is 1.92. The first-order chi connectivity index (χ1) is 20.3. The van der Waals surface area contributed by atoms with Crippen LogP contribution in [0.4, 0.5) is 18.0 Å². The monoisotopic (exact) mass is 584 g/mol. The lowest BCUT2D eigenvalue weighted by molar-refractivity contribution is 0.0256. The van der Waals surface area contributed by atoms with E-state index < -0.39 is 29.8 Å². The second-order valence-electron chi connectivity index (χ2n) is 11.3. The summed E-state index contributed by atoms with van der Waals surface area (Å²) in [7, 11) is 0. The molecule has 2 fully saturated rings. The average molecular weight is 585 g/mol. The van der Waals surface area contributed by atoms with Gasteiger partial charge in [0, 0.05) is 69.7 Å². The molecule has 4 atom stereocenters. The molecular formula is C31H39F3N6O2. The number of benzene rings is 2. The molecule has 2 aromatic carbocycles. The van der Waals surface area contributed by atoms with E-state index in [4.69, 9.17) is 15.5 Å². The number of nitrogens with two attached hydrogens (primary N) is 1. The molecule has 2 saturated heterocycles.